The Morgan fingerprint density at radius 3 is 2.19 bits per heavy atom. The van der Waals surface area contributed by atoms with Crippen LogP contribution in [0.2, 0.25) is 0 Å². The van der Waals surface area contributed by atoms with Crippen molar-refractivity contribution in [3.63, 3.8) is 0 Å². The van der Waals surface area contributed by atoms with Gasteiger partial charge in [-0.25, -0.2) is 4.39 Å². The maximum atomic E-state index is 13.1. The van der Waals surface area contributed by atoms with Crippen LogP contribution in [0, 0.1) is 23.1 Å². The Balaban J connectivity index is 1.56. The highest BCUT2D eigenvalue weighted by Gasteiger charge is 2.31. The molecule has 6 nitrogen and oxygen atoms in total. The molecular weight excluding hydrogens is 395 g/mol. The Bertz CT molecular complexity index is 943. The van der Waals surface area contributed by atoms with Crippen molar-refractivity contribution in [3.05, 3.63) is 71.0 Å². The number of rotatable bonds is 6. The lowest BCUT2D eigenvalue weighted by atomic mass is 10.0. The van der Waals surface area contributed by atoms with Gasteiger partial charge in [0.1, 0.15) is 11.9 Å². The Labute approximate surface area is 182 Å². The summed E-state index contributed by atoms with van der Waals surface area (Å²) < 4.78 is 13.1. The summed E-state index contributed by atoms with van der Waals surface area (Å²) in [5.41, 5.74) is 2.10. The SMILES string of the molecule is CC(C)[C@@H](NC(=O)c1ccc(F)cc1)C(=O)N1CCN(Cc2ccc(C#N)cc2)CC1. The van der Waals surface area contributed by atoms with E-state index in [0.717, 1.165) is 25.2 Å². The average Bonchev–Trinajstić information content (AvgIpc) is 2.78. The molecule has 162 valence electrons. The number of hydrogen-bond donors (Lipinski definition) is 1. The largest absolute Gasteiger partial charge is 0.340 e. The van der Waals surface area contributed by atoms with Crippen molar-refractivity contribution < 1.29 is 14.0 Å². The van der Waals surface area contributed by atoms with Gasteiger partial charge in [0.05, 0.1) is 11.6 Å². The summed E-state index contributed by atoms with van der Waals surface area (Å²) in [6.07, 6.45) is 0. The second kappa shape index (κ2) is 10.2. The minimum Gasteiger partial charge on any atom is -0.340 e. The fourth-order valence-electron chi connectivity index (χ4n) is 3.61. The third-order valence-corrected chi connectivity index (χ3v) is 5.50. The van der Waals surface area contributed by atoms with Gasteiger partial charge in [-0.3, -0.25) is 14.5 Å². The van der Waals surface area contributed by atoms with Crippen molar-refractivity contribution in [1.82, 2.24) is 15.1 Å². The molecule has 1 heterocycles. The fourth-order valence-corrected chi connectivity index (χ4v) is 3.61. The van der Waals surface area contributed by atoms with Gasteiger partial charge in [-0.05, 0) is 47.9 Å². The minimum absolute atomic E-state index is 0.0754. The zero-order chi connectivity index (χ0) is 22.4. The molecule has 31 heavy (non-hydrogen) atoms. The summed E-state index contributed by atoms with van der Waals surface area (Å²) >= 11 is 0. The molecule has 7 heteroatoms. The molecule has 2 amide bonds. The first-order valence-electron chi connectivity index (χ1n) is 10.4. The van der Waals surface area contributed by atoms with E-state index in [4.69, 9.17) is 5.26 Å². The highest BCUT2D eigenvalue weighted by atomic mass is 19.1. The molecule has 1 saturated heterocycles. The highest BCUT2D eigenvalue weighted by molar-refractivity contribution is 5.97. The van der Waals surface area contributed by atoms with E-state index in [2.05, 4.69) is 16.3 Å². The summed E-state index contributed by atoms with van der Waals surface area (Å²) in [6.45, 7) is 7.21. The Morgan fingerprint density at radius 1 is 1.03 bits per heavy atom. The minimum atomic E-state index is -0.636. The molecule has 0 bridgehead atoms. The van der Waals surface area contributed by atoms with Crippen LogP contribution in [0.4, 0.5) is 4.39 Å². The standard InChI is InChI=1S/C24H27FN4O2/c1-17(2)22(27-23(30)20-7-9-21(25)10-8-20)24(31)29-13-11-28(12-14-29)16-19-5-3-18(15-26)4-6-19/h3-10,17,22H,11-14,16H2,1-2H3,(H,27,30)/t22-/m1/s1. The van der Waals surface area contributed by atoms with Crippen LogP contribution in [0.25, 0.3) is 0 Å². The van der Waals surface area contributed by atoms with E-state index < -0.39 is 11.9 Å². The number of nitrogens with one attached hydrogen (secondary N) is 1. The first kappa shape index (κ1) is 22.4. The van der Waals surface area contributed by atoms with Gasteiger partial charge in [0.25, 0.3) is 5.91 Å². The number of piperazine rings is 1. The van der Waals surface area contributed by atoms with Crippen molar-refractivity contribution in [3.8, 4) is 6.07 Å². The van der Waals surface area contributed by atoms with Crippen molar-refractivity contribution in [1.29, 1.82) is 5.26 Å². The first-order chi connectivity index (χ1) is 14.9. The number of carbonyl (C=O) groups is 2. The van der Waals surface area contributed by atoms with Crippen LogP contribution in [0.3, 0.4) is 0 Å². The van der Waals surface area contributed by atoms with E-state index >= 15 is 0 Å². The third kappa shape index (κ3) is 5.89. The maximum Gasteiger partial charge on any atom is 0.251 e. The summed E-state index contributed by atoms with van der Waals surface area (Å²) in [4.78, 5) is 29.7. The number of nitrogens with zero attached hydrogens (tertiary/aromatic N) is 3. The second-order valence-corrected chi connectivity index (χ2v) is 8.11. The Morgan fingerprint density at radius 2 is 1.65 bits per heavy atom. The molecule has 1 aliphatic heterocycles. The molecule has 1 fully saturated rings. The molecule has 0 radical (unpaired) electrons. The van der Waals surface area contributed by atoms with Gasteiger partial charge in [-0.1, -0.05) is 26.0 Å². The van der Waals surface area contributed by atoms with Gasteiger partial charge >= 0.3 is 0 Å². The first-order valence-corrected chi connectivity index (χ1v) is 10.4. The highest BCUT2D eigenvalue weighted by Crippen LogP contribution is 2.14. The number of hydrogen-bond acceptors (Lipinski definition) is 4. The van der Waals surface area contributed by atoms with Gasteiger partial charge in [0.2, 0.25) is 5.91 Å². The van der Waals surface area contributed by atoms with E-state index in [9.17, 15) is 14.0 Å². The maximum absolute atomic E-state index is 13.1. The second-order valence-electron chi connectivity index (χ2n) is 8.11. The van der Waals surface area contributed by atoms with Crippen LogP contribution in [0.5, 0.6) is 0 Å². The molecule has 3 rings (SSSR count). The lowest BCUT2D eigenvalue weighted by Gasteiger charge is -2.37. The molecule has 0 aromatic heterocycles. The van der Waals surface area contributed by atoms with Gasteiger partial charge < -0.3 is 10.2 Å². The molecular formula is C24H27FN4O2. The van der Waals surface area contributed by atoms with Gasteiger partial charge in [0.15, 0.2) is 0 Å². The Hall–Kier alpha value is -3.24. The molecule has 0 saturated carbocycles. The van der Waals surface area contributed by atoms with Crippen molar-refractivity contribution >= 4 is 11.8 Å². The lowest BCUT2D eigenvalue weighted by Crippen LogP contribution is -2.56. The monoisotopic (exact) mass is 422 g/mol. The number of amides is 2. The van der Waals surface area contributed by atoms with Gasteiger partial charge in [0, 0.05) is 38.3 Å². The molecule has 1 aliphatic rings. The zero-order valence-corrected chi connectivity index (χ0v) is 17.8. The topological polar surface area (TPSA) is 76.4 Å². The summed E-state index contributed by atoms with van der Waals surface area (Å²) in [5.74, 6) is -0.963. The number of carbonyl (C=O) groups excluding carboxylic acids is 2. The van der Waals surface area contributed by atoms with Crippen LogP contribution < -0.4 is 5.32 Å². The van der Waals surface area contributed by atoms with E-state index in [1.807, 2.05) is 38.1 Å². The molecule has 0 aliphatic carbocycles. The summed E-state index contributed by atoms with van der Waals surface area (Å²) in [5, 5.41) is 11.7. The predicted molar refractivity (Wildman–Crippen MR) is 116 cm³/mol. The smallest absolute Gasteiger partial charge is 0.251 e. The van der Waals surface area contributed by atoms with Gasteiger partial charge in [-0.2, -0.15) is 5.26 Å². The van der Waals surface area contributed by atoms with Crippen LogP contribution in [-0.4, -0.2) is 53.8 Å². The van der Waals surface area contributed by atoms with Crippen LogP contribution >= 0.6 is 0 Å². The van der Waals surface area contributed by atoms with Crippen LogP contribution in [-0.2, 0) is 11.3 Å². The molecule has 0 unspecified atom stereocenters. The summed E-state index contributed by atoms with van der Waals surface area (Å²) in [7, 11) is 0. The number of halogens is 1. The molecule has 1 N–H and O–H groups in total. The number of benzene rings is 2. The number of nitriles is 1. The molecule has 2 aromatic carbocycles. The normalized spacial score (nSPS) is 15.4. The predicted octanol–water partition coefficient (Wildman–Crippen LogP) is 2.80. The third-order valence-electron chi connectivity index (χ3n) is 5.50. The average molecular weight is 423 g/mol. The quantitative estimate of drug-likeness (QED) is 0.777. The van der Waals surface area contributed by atoms with Crippen molar-refractivity contribution in [2.24, 2.45) is 5.92 Å². The fraction of sp³-hybridized carbons (Fsp3) is 0.375. The molecule has 1 atom stereocenters. The zero-order valence-electron chi connectivity index (χ0n) is 17.8. The molecule has 2 aromatic rings. The van der Waals surface area contributed by atoms with E-state index in [0.29, 0.717) is 24.2 Å². The lowest BCUT2D eigenvalue weighted by molar-refractivity contribution is -0.136. The Kier molecular flexibility index (Phi) is 7.37. The van der Waals surface area contributed by atoms with Crippen LogP contribution in [0.15, 0.2) is 48.5 Å². The van der Waals surface area contributed by atoms with Crippen LogP contribution in [0.1, 0.15) is 35.3 Å². The summed E-state index contributed by atoms with van der Waals surface area (Å²) in [6, 6.07) is 14.3. The van der Waals surface area contributed by atoms with E-state index in [-0.39, 0.29) is 17.7 Å². The van der Waals surface area contributed by atoms with E-state index in [1.54, 1.807) is 4.90 Å². The van der Waals surface area contributed by atoms with Gasteiger partial charge in [-0.15, -0.1) is 0 Å². The van der Waals surface area contributed by atoms with Crippen molar-refractivity contribution in [2.75, 3.05) is 26.2 Å². The van der Waals surface area contributed by atoms with E-state index in [1.165, 1.54) is 24.3 Å². The van der Waals surface area contributed by atoms with Crippen molar-refractivity contribution in [2.45, 2.75) is 26.4 Å². The molecule has 0 spiro atoms.